The summed E-state index contributed by atoms with van der Waals surface area (Å²) in [5, 5.41) is 9.14. The van der Waals surface area contributed by atoms with Gasteiger partial charge in [-0.15, -0.1) is 0 Å². The molecule has 0 bridgehead atoms. The van der Waals surface area contributed by atoms with E-state index in [1.54, 1.807) is 12.1 Å². The van der Waals surface area contributed by atoms with Crippen LogP contribution in [0.25, 0.3) is 0 Å². The molecular formula is C16H19NO3S. The molecule has 0 atom stereocenters. The van der Waals surface area contributed by atoms with Crippen LogP contribution in [0, 0.1) is 0 Å². The van der Waals surface area contributed by atoms with E-state index in [1.165, 1.54) is 4.31 Å². The molecule has 0 radical (unpaired) electrons. The van der Waals surface area contributed by atoms with Gasteiger partial charge in [0.15, 0.2) is 0 Å². The predicted molar refractivity (Wildman–Crippen MR) is 83.0 cm³/mol. The van der Waals surface area contributed by atoms with E-state index in [9.17, 15) is 8.42 Å². The lowest BCUT2D eigenvalue weighted by Gasteiger charge is -2.21. The van der Waals surface area contributed by atoms with E-state index in [0.29, 0.717) is 0 Å². The van der Waals surface area contributed by atoms with Gasteiger partial charge >= 0.3 is 0 Å². The summed E-state index contributed by atoms with van der Waals surface area (Å²) in [7, 11) is -3.46. The van der Waals surface area contributed by atoms with Gasteiger partial charge in [-0.1, -0.05) is 60.7 Å². The monoisotopic (exact) mass is 305 g/mol. The summed E-state index contributed by atoms with van der Waals surface area (Å²) in [6, 6.07) is 18.5. The number of nitrogens with zero attached hydrogens (tertiary/aromatic N) is 1. The lowest BCUT2D eigenvalue weighted by Crippen LogP contribution is -2.34. The number of hydrogen-bond acceptors (Lipinski definition) is 3. The Labute approximate surface area is 125 Å². The van der Waals surface area contributed by atoms with Crippen molar-refractivity contribution < 1.29 is 13.5 Å². The molecule has 0 saturated heterocycles. The highest BCUT2D eigenvalue weighted by Crippen LogP contribution is 2.14. The van der Waals surface area contributed by atoms with Crippen LogP contribution < -0.4 is 0 Å². The molecular weight excluding hydrogens is 286 g/mol. The highest BCUT2D eigenvalue weighted by atomic mass is 32.2. The quantitative estimate of drug-likeness (QED) is 0.851. The topological polar surface area (TPSA) is 57.6 Å². The zero-order valence-corrected chi connectivity index (χ0v) is 12.5. The fraction of sp³-hybridized carbons (Fsp3) is 0.250. The molecule has 21 heavy (non-hydrogen) atoms. The molecule has 0 aromatic heterocycles. The summed E-state index contributed by atoms with van der Waals surface area (Å²) in [6.45, 7) is 0.182. The molecule has 0 saturated carbocycles. The summed E-state index contributed by atoms with van der Waals surface area (Å²) in [4.78, 5) is 0. The smallest absolute Gasteiger partial charge is 0.218 e. The van der Waals surface area contributed by atoms with Gasteiger partial charge < -0.3 is 5.11 Å². The third-order valence-corrected chi connectivity index (χ3v) is 4.93. The maximum Gasteiger partial charge on any atom is 0.218 e. The second-order valence-corrected chi connectivity index (χ2v) is 6.75. The van der Waals surface area contributed by atoms with E-state index < -0.39 is 10.0 Å². The molecule has 0 amide bonds. The van der Waals surface area contributed by atoms with Crippen molar-refractivity contribution in [2.75, 3.05) is 13.2 Å². The molecule has 1 N–H and O–H groups in total. The zero-order chi connectivity index (χ0) is 15.1. The maximum absolute atomic E-state index is 12.5. The van der Waals surface area contributed by atoms with Gasteiger partial charge in [0, 0.05) is 13.1 Å². The third-order valence-electron chi connectivity index (χ3n) is 3.14. The van der Waals surface area contributed by atoms with Crippen molar-refractivity contribution in [3.63, 3.8) is 0 Å². The number of aliphatic hydroxyl groups excluding tert-OH is 1. The standard InChI is InChI=1S/C16H19NO3S/c18-12-11-17(13-15-7-3-1-4-8-15)21(19,20)14-16-9-5-2-6-10-16/h1-10,18H,11-14H2. The van der Waals surface area contributed by atoms with Crippen molar-refractivity contribution in [2.24, 2.45) is 0 Å². The Hall–Kier alpha value is -1.69. The lowest BCUT2D eigenvalue weighted by atomic mass is 10.2. The van der Waals surface area contributed by atoms with Crippen molar-refractivity contribution in [3.05, 3.63) is 71.8 Å². The molecule has 0 heterocycles. The predicted octanol–water partition coefficient (Wildman–Crippen LogP) is 2.01. The Bertz CT molecular complexity index is 642. The molecule has 0 aliphatic rings. The highest BCUT2D eigenvalue weighted by molar-refractivity contribution is 7.88. The van der Waals surface area contributed by atoms with Gasteiger partial charge in [-0.2, -0.15) is 4.31 Å². The van der Waals surface area contributed by atoms with Gasteiger partial charge in [-0.05, 0) is 11.1 Å². The van der Waals surface area contributed by atoms with E-state index in [-0.39, 0.29) is 25.4 Å². The fourth-order valence-electron chi connectivity index (χ4n) is 2.09. The Morgan fingerprint density at radius 1 is 0.857 bits per heavy atom. The van der Waals surface area contributed by atoms with Crippen LogP contribution in [-0.4, -0.2) is 31.0 Å². The first-order valence-electron chi connectivity index (χ1n) is 6.78. The van der Waals surface area contributed by atoms with Crippen LogP contribution in [0.5, 0.6) is 0 Å². The van der Waals surface area contributed by atoms with Crippen molar-refractivity contribution in [3.8, 4) is 0 Å². The van der Waals surface area contributed by atoms with E-state index in [0.717, 1.165) is 11.1 Å². The zero-order valence-electron chi connectivity index (χ0n) is 11.7. The number of sulfonamides is 1. The first-order chi connectivity index (χ1) is 10.1. The van der Waals surface area contributed by atoms with Crippen LogP contribution >= 0.6 is 0 Å². The summed E-state index contributed by atoms with van der Waals surface area (Å²) in [5.74, 6) is -0.0549. The molecule has 112 valence electrons. The average Bonchev–Trinajstić information content (AvgIpc) is 2.48. The SMILES string of the molecule is O=S(=O)(Cc1ccccc1)N(CCO)Cc1ccccc1. The van der Waals surface area contributed by atoms with Crippen LogP contribution in [0.1, 0.15) is 11.1 Å². The van der Waals surface area contributed by atoms with E-state index in [1.807, 2.05) is 48.5 Å². The molecule has 0 aliphatic heterocycles. The van der Waals surface area contributed by atoms with Crippen LogP contribution in [0.15, 0.2) is 60.7 Å². The Balaban J connectivity index is 2.16. The number of aliphatic hydroxyl groups is 1. The summed E-state index contributed by atoms with van der Waals surface area (Å²) >= 11 is 0. The number of rotatable bonds is 7. The second-order valence-electron chi connectivity index (χ2n) is 4.78. The Kier molecular flexibility index (Phi) is 5.50. The summed E-state index contributed by atoms with van der Waals surface area (Å²) < 4.78 is 26.3. The van der Waals surface area contributed by atoms with Crippen molar-refractivity contribution in [1.82, 2.24) is 4.31 Å². The van der Waals surface area contributed by atoms with Crippen molar-refractivity contribution in [1.29, 1.82) is 0 Å². The molecule has 2 aromatic carbocycles. The first kappa shape index (κ1) is 15.7. The summed E-state index contributed by atoms with van der Waals surface area (Å²) in [5.41, 5.74) is 1.65. The van der Waals surface area contributed by atoms with E-state index in [2.05, 4.69) is 0 Å². The van der Waals surface area contributed by atoms with Gasteiger partial charge in [0.1, 0.15) is 0 Å². The minimum atomic E-state index is -3.46. The average molecular weight is 305 g/mol. The van der Waals surface area contributed by atoms with Gasteiger partial charge in [0.25, 0.3) is 0 Å². The fourth-order valence-corrected chi connectivity index (χ4v) is 3.59. The largest absolute Gasteiger partial charge is 0.395 e. The molecule has 0 fully saturated rings. The Morgan fingerprint density at radius 2 is 1.38 bits per heavy atom. The molecule has 2 aromatic rings. The minimum absolute atomic E-state index is 0.0549. The van der Waals surface area contributed by atoms with Crippen LogP contribution in [0.2, 0.25) is 0 Å². The summed E-state index contributed by atoms with van der Waals surface area (Å²) in [6.07, 6.45) is 0. The molecule has 0 spiro atoms. The van der Waals surface area contributed by atoms with E-state index in [4.69, 9.17) is 5.11 Å². The number of hydrogen-bond donors (Lipinski definition) is 1. The van der Waals surface area contributed by atoms with Gasteiger partial charge in [-0.25, -0.2) is 8.42 Å². The normalized spacial score (nSPS) is 11.7. The van der Waals surface area contributed by atoms with Gasteiger partial charge in [0.2, 0.25) is 10.0 Å². The number of benzene rings is 2. The second kappa shape index (κ2) is 7.36. The minimum Gasteiger partial charge on any atom is -0.395 e. The van der Waals surface area contributed by atoms with Crippen molar-refractivity contribution in [2.45, 2.75) is 12.3 Å². The molecule has 5 heteroatoms. The molecule has 0 unspecified atom stereocenters. The lowest BCUT2D eigenvalue weighted by molar-refractivity contribution is 0.251. The van der Waals surface area contributed by atoms with Crippen LogP contribution in [0.4, 0.5) is 0 Å². The molecule has 2 rings (SSSR count). The van der Waals surface area contributed by atoms with Gasteiger partial charge in [-0.3, -0.25) is 0 Å². The van der Waals surface area contributed by atoms with Crippen LogP contribution in [0.3, 0.4) is 0 Å². The van der Waals surface area contributed by atoms with Crippen molar-refractivity contribution >= 4 is 10.0 Å². The molecule has 0 aliphatic carbocycles. The molecule has 4 nitrogen and oxygen atoms in total. The van der Waals surface area contributed by atoms with E-state index >= 15 is 0 Å². The van der Waals surface area contributed by atoms with Gasteiger partial charge in [0.05, 0.1) is 12.4 Å². The maximum atomic E-state index is 12.5. The van der Waals surface area contributed by atoms with Crippen LogP contribution in [-0.2, 0) is 22.3 Å². The Morgan fingerprint density at radius 3 is 1.90 bits per heavy atom. The highest BCUT2D eigenvalue weighted by Gasteiger charge is 2.22. The third kappa shape index (κ3) is 4.67. The first-order valence-corrected chi connectivity index (χ1v) is 8.39.